The van der Waals surface area contributed by atoms with Crippen LogP contribution in [0.15, 0.2) is 36.7 Å². The van der Waals surface area contributed by atoms with Gasteiger partial charge in [0.2, 0.25) is 0 Å². The van der Waals surface area contributed by atoms with E-state index >= 15 is 0 Å². The van der Waals surface area contributed by atoms with Gasteiger partial charge in [-0.15, -0.1) is 0 Å². The summed E-state index contributed by atoms with van der Waals surface area (Å²) in [5.41, 5.74) is 2.20. The van der Waals surface area contributed by atoms with Gasteiger partial charge in [0.05, 0.1) is 6.04 Å². The molecule has 0 aromatic carbocycles. The maximum Gasteiger partial charge on any atom is 0.318 e. The van der Waals surface area contributed by atoms with Crippen molar-refractivity contribution in [2.24, 2.45) is 7.05 Å². The van der Waals surface area contributed by atoms with Crippen molar-refractivity contribution in [3.63, 3.8) is 0 Å². The Hall–Kier alpha value is -2.50. The van der Waals surface area contributed by atoms with Crippen molar-refractivity contribution in [3.8, 4) is 0 Å². The summed E-state index contributed by atoms with van der Waals surface area (Å²) in [6.45, 7) is 1.30. The number of hydrogen-bond donors (Lipinski definition) is 1. The molecule has 1 aliphatic heterocycles. The summed E-state index contributed by atoms with van der Waals surface area (Å²) >= 11 is 0. The normalized spacial score (nSPS) is 17.1. The van der Waals surface area contributed by atoms with Crippen molar-refractivity contribution in [2.75, 3.05) is 25.5 Å². The monoisotopic (exact) mass is 327 g/mol. The quantitative estimate of drug-likeness (QED) is 0.939. The highest BCUT2D eigenvalue weighted by Gasteiger charge is 2.31. The van der Waals surface area contributed by atoms with Crippen LogP contribution in [0.5, 0.6) is 0 Å². The summed E-state index contributed by atoms with van der Waals surface area (Å²) in [7, 11) is 5.95. The second-order valence-electron chi connectivity index (χ2n) is 6.47. The molecular formula is C18H25N5O. The van der Waals surface area contributed by atoms with Crippen molar-refractivity contribution in [1.82, 2.24) is 19.8 Å². The molecular weight excluding hydrogens is 302 g/mol. The number of carbonyl (C=O) groups excluding carboxylic acids is 1. The van der Waals surface area contributed by atoms with E-state index in [1.807, 2.05) is 61.5 Å². The molecule has 1 atom stereocenters. The summed E-state index contributed by atoms with van der Waals surface area (Å²) in [6, 6.07) is 8.25. The molecule has 0 spiro atoms. The zero-order valence-corrected chi connectivity index (χ0v) is 14.6. The third-order valence-electron chi connectivity index (χ3n) is 4.55. The highest BCUT2D eigenvalue weighted by molar-refractivity contribution is 5.75. The van der Waals surface area contributed by atoms with Crippen LogP contribution in [0.2, 0.25) is 0 Å². The average molecular weight is 327 g/mol. The molecule has 1 saturated heterocycles. The molecule has 3 rings (SSSR count). The zero-order valence-electron chi connectivity index (χ0n) is 14.6. The van der Waals surface area contributed by atoms with Crippen LogP contribution in [0.1, 0.15) is 30.1 Å². The molecule has 2 aromatic heterocycles. The first-order valence-corrected chi connectivity index (χ1v) is 8.34. The fourth-order valence-corrected chi connectivity index (χ4v) is 3.20. The van der Waals surface area contributed by atoms with E-state index in [9.17, 15) is 4.79 Å². The molecule has 1 fully saturated rings. The largest absolute Gasteiger partial charge is 0.363 e. The lowest BCUT2D eigenvalue weighted by Crippen LogP contribution is -2.39. The van der Waals surface area contributed by atoms with Gasteiger partial charge in [-0.1, -0.05) is 6.07 Å². The lowest BCUT2D eigenvalue weighted by atomic mass is 10.1. The number of nitrogens with zero attached hydrogens (tertiary/aromatic N) is 4. The Morgan fingerprint density at radius 1 is 1.38 bits per heavy atom. The molecule has 0 radical (unpaired) electrons. The van der Waals surface area contributed by atoms with Gasteiger partial charge in [0, 0.05) is 52.3 Å². The van der Waals surface area contributed by atoms with Crippen molar-refractivity contribution < 1.29 is 4.79 Å². The van der Waals surface area contributed by atoms with Gasteiger partial charge in [-0.2, -0.15) is 0 Å². The minimum Gasteiger partial charge on any atom is -0.363 e. The van der Waals surface area contributed by atoms with Gasteiger partial charge in [0.25, 0.3) is 0 Å². The van der Waals surface area contributed by atoms with Crippen LogP contribution < -0.4 is 10.2 Å². The molecule has 3 heterocycles. The number of rotatable bonds is 4. The van der Waals surface area contributed by atoms with Gasteiger partial charge in [0.1, 0.15) is 5.82 Å². The molecule has 0 bridgehead atoms. The van der Waals surface area contributed by atoms with Crippen molar-refractivity contribution >= 4 is 11.8 Å². The summed E-state index contributed by atoms with van der Waals surface area (Å²) < 4.78 is 2.10. The van der Waals surface area contributed by atoms with E-state index in [2.05, 4.69) is 20.9 Å². The van der Waals surface area contributed by atoms with Gasteiger partial charge in [0.15, 0.2) is 0 Å². The summed E-state index contributed by atoms with van der Waals surface area (Å²) in [6.07, 6.45) is 5.91. The predicted molar refractivity (Wildman–Crippen MR) is 94.9 cm³/mol. The highest BCUT2D eigenvalue weighted by Crippen LogP contribution is 2.31. The minimum atomic E-state index is -0.00427. The number of aryl methyl sites for hydroxylation is 1. The number of nitrogens with one attached hydrogen (secondary N) is 1. The Kier molecular flexibility index (Phi) is 4.74. The highest BCUT2D eigenvalue weighted by atomic mass is 16.2. The molecule has 1 aliphatic rings. The predicted octanol–water partition coefficient (Wildman–Crippen LogP) is 2.53. The van der Waals surface area contributed by atoms with Crippen LogP contribution in [0.4, 0.5) is 10.6 Å². The van der Waals surface area contributed by atoms with Crippen LogP contribution in [0.3, 0.4) is 0 Å². The van der Waals surface area contributed by atoms with E-state index < -0.39 is 0 Å². The minimum absolute atomic E-state index is 0.00427. The maximum atomic E-state index is 12.6. The Bertz CT molecular complexity index is 692. The Labute approximate surface area is 143 Å². The molecule has 6 nitrogen and oxygen atoms in total. The number of aromatic nitrogens is 2. The number of hydrogen-bond acceptors (Lipinski definition) is 3. The lowest BCUT2D eigenvalue weighted by molar-refractivity contribution is 0.191. The Morgan fingerprint density at radius 2 is 2.21 bits per heavy atom. The average Bonchev–Trinajstić information content (AvgIpc) is 3.21. The van der Waals surface area contributed by atoms with Crippen molar-refractivity contribution in [2.45, 2.75) is 25.4 Å². The molecule has 24 heavy (non-hydrogen) atoms. The van der Waals surface area contributed by atoms with Crippen LogP contribution in [0, 0.1) is 0 Å². The summed E-state index contributed by atoms with van der Waals surface area (Å²) in [5.74, 6) is 0.911. The van der Waals surface area contributed by atoms with Crippen molar-refractivity contribution in [1.29, 1.82) is 0 Å². The molecule has 6 heteroatoms. The van der Waals surface area contributed by atoms with Gasteiger partial charge >= 0.3 is 6.03 Å². The lowest BCUT2D eigenvalue weighted by Gasteiger charge is -2.25. The van der Waals surface area contributed by atoms with E-state index in [0.29, 0.717) is 6.54 Å². The second-order valence-corrected chi connectivity index (χ2v) is 6.47. The molecule has 2 amide bonds. The fraction of sp³-hybridized carbons (Fsp3) is 0.444. The molecule has 0 saturated carbocycles. The van der Waals surface area contributed by atoms with Gasteiger partial charge in [-0.25, -0.2) is 9.78 Å². The van der Waals surface area contributed by atoms with Gasteiger partial charge in [-0.3, -0.25) is 0 Å². The number of likely N-dealkylation sites (tertiary alicyclic amines) is 1. The fourth-order valence-electron chi connectivity index (χ4n) is 3.20. The van der Waals surface area contributed by atoms with E-state index in [1.165, 1.54) is 5.69 Å². The number of urea groups is 1. The number of anilines is 1. The first-order chi connectivity index (χ1) is 11.6. The Morgan fingerprint density at radius 3 is 2.83 bits per heavy atom. The molecule has 0 aliphatic carbocycles. The van der Waals surface area contributed by atoms with Crippen LogP contribution in [-0.2, 0) is 13.6 Å². The maximum absolute atomic E-state index is 12.6. The molecule has 1 unspecified atom stereocenters. The third kappa shape index (κ3) is 3.37. The topological polar surface area (TPSA) is 53.4 Å². The number of amides is 2. The number of carbonyl (C=O) groups is 1. The van der Waals surface area contributed by atoms with Gasteiger partial charge in [-0.05, 0) is 36.6 Å². The van der Waals surface area contributed by atoms with Crippen LogP contribution in [0.25, 0.3) is 0 Å². The van der Waals surface area contributed by atoms with Gasteiger partial charge < -0.3 is 19.7 Å². The first-order valence-electron chi connectivity index (χ1n) is 8.34. The van der Waals surface area contributed by atoms with Crippen molar-refractivity contribution in [3.05, 3.63) is 47.9 Å². The summed E-state index contributed by atoms with van der Waals surface area (Å²) in [4.78, 5) is 20.9. The zero-order chi connectivity index (χ0) is 17.1. The first kappa shape index (κ1) is 16.4. The van der Waals surface area contributed by atoms with E-state index in [1.54, 1.807) is 0 Å². The smallest absolute Gasteiger partial charge is 0.318 e. The van der Waals surface area contributed by atoms with E-state index in [4.69, 9.17) is 0 Å². The third-order valence-corrected chi connectivity index (χ3v) is 4.55. The van der Waals surface area contributed by atoms with E-state index in [0.717, 1.165) is 30.8 Å². The summed E-state index contributed by atoms with van der Waals surface area (Å²) in [5, 5.41) is 3.03. The molecule has 2 aromatic rings. The molecule has 1 N–H and O–H groups in total. The van der Waals surface area contributed by atoms with Crippen LogP contribution in [-0.4, -0.2) is 41.1 Å². The number of pyridine rings is 1. The SMILES string of the molecule is CN(C)c1ccc(CNC(=O)N2CCCC2c2cccn2C)cn1. The Balaban J connectivity index is 1.61. The second kappa shape index (κ2) is 6.95. The standard InChI is InChI=1S/C18H25N5O/c1-21(2)17-9-8-14(12-19-17)13-20-18(24)23-11-5-7-16(23)15-6-4-10-22(15)3/h4,6,8-10,12,16H,5,7,11,13H2,1-3H3,(H,20,24). The molecule has 128 valence electrons. The van der Waals surface area contributed by atoms with Crippen LogP contribution >= 0.6 is 0 Å². The van der Waals surface area contributed by atoms with E-state index in [-0.39, 0.29) is 12.1 Å².